The van der Waals surface area contributed by atoms with Gasteiger partial charge in [-0.3, -0.25) is 20.1 Å². The number of rotatable bonds is 2. The van der Waals surface area contributed by atoms with Crippen LogP contribution in [0, 0.1) is 5.41 Å². The van der Waals surface area contributed by atoms with E-state index in [4.69, 9.17) is 15.7 Å². The van der Waals surface area contributed by atoms with Crippen molar-refractivity contribution in [1.82, 2.24) is 10.3 Å². The Morgan fingerprint density at radius 3 is 2.26 bits per heavy atom. The lowest BCUT2D eigenvalue weighted by Crippen LogP contribution is -2.35. The molecule has 0 aliphatic rings. The van der Waals surface area contributed by atoms with Crippen LogP contribution < -0.4 is 11.1 Å². The minimum Gasteiger partial charge on any atom is -0.370 e. The maximum absolute atomic E-state index is 13.3. The first kappa shape index (κ1) is 23.8. The van der Waals surface area contributed by atoms with Crippen LogP contribution >= 0.6 is 0 Å². The molecule has 0 saturated heterocycles. The second-order valence-corrected chi connectivity index (χ2v) is 7.68. The molecule has 1 amide bonds. The largest absolute Gasteiger partial charge is 0.417 e. The highest BCUT2D eigenvalue weighted by atomic mass is 32.2. The summed E-state index contributed by atoms with van der Waals surface area (Å²) in [6, 6.07) is 12.8. The fourth-order valence-electron chi connectivity index (χ4n) is 2.64. The number of nitrogens with zero attached hydrogens (tertiary/aromatic N) is 1. The highest BCUT2D eigenvalue weighted by Crippen LogP contribution is 2.37. The number of alkyl halides is 3. The van der Waals surface area contributed by atoms with Crippen LogP contribution in [0.4, 0.5) is 13.2 Å². The third-order valence-electron chi connectivity index (χ3n) is 3.72. The molecule has 0 unspecified atom stereocenters. The second-order valence-electron chi connectivity index (χ2n) is 6.22. The summed E-state index contributed by atoms with van der Waals surface area (Å²) in [7, 11) is -3.67. The summed E-state index contributed by atoms with van der Waals surface area (Å²) in [5.41, 5.74) is 4.65. The molecule has 0 fully saturated rings. The van der Waals surface area contributed by atoms with Crippen molar-refractivity contribution in [2.24, 2.45) is 5.73 Å². The first-order valence-electron chi connectivity index (χ1n) is 8.41. The van der Waals surface area contributed by atoms with Gasteiger partial charge in [-0.2, -0.15) is 21.6 Å². The number of guanidine groups is 1. The van der Waals surface area contributed by atoms with Crippen LogP contribution in [0.5, 0.6) is 0 Å². The number of benzene rings is 2. The van der Waals surface area contributed by atoms with E-state index in [-0.39, 0.29) is 16.8 Å². The van der Waals surface area contributed by atoms with Crippen molar-refractivity contribution in [1.29, 1.82) is 5.41 Å². The predicted molar refractivity (Wildman–Crippen MR) is 109 cm³/mol. The van der Waals surface area contributed by atoms with Crippen molar-refractivity contribution in [3.8, 4) is 11.3 Å². The van der Waals surface area contributed by atoms with E-state index >= 15 is 0 Å². The zero-order valence-electron chi connectivity index (χ0n) is 15.9. The molecule has 3 rings (SSSR count). The van der Waals surface area contributed by atoms with Gasteiger partial charge in [0.1, 0.15) is 0 Å². The molecule has 0 aliphatic heterocycles. The monoisotopic (exact) mass is 454 g/mol. The number of amides is 1. The molecule has 0 aliphatic carbocycles. The number of carbonyl (C=O) groups is 1. The number of hydrogen-bond donors (Lipinski definition) is 4. The van der Waals surface area contributed by atoms with Gasteiger partial charge in [0.05, 0.1) is 28.6 Å². The maximum Gasteiger partial charge on any atom is 0.417 e. The average molecular weight is 454 g/mol. The lowest BCUT2D eigenvalue weighted by Gasteiger charge is -2.14. The van der Waals surface area contributed by atoms with Crippen LogP contribution in [-0.4, -0.2) is 36.1 Å². The number of aromatic nitrogens is 1. The Labute approximate surface area is 175 Å². The lowest BCUT2D eigenvalue weighted by molar-refractivity contribution is -0.137. The van der Waals surface area contributed by atoms with E-state index in [1.54, 1.807) is 24.3 Å². The van der Waals surface area contributed by atoms with Gasteiger partial charge in [-0.15, -0.1) is 0 Å². The van der Waals surface area contributed by atoms with E-state index in [9.17, 15) is 26.4 Å². The maximum atomic E-state index is 13.3. The number of nitrogens with one attached hydrogen (secondary N) is 2. The smallest absolute Gasteiger partial charge is 0.370 e. The van der Waals surface area contributed by atoms with Crippen molar-refractivity contribution in [3.63, 3.8) is 0 Å². The molecule has 5 N–H and O–H groups in total. The molecule has 0 saturated carbocycles. The average Bonchev–Trinajstić information content (AvgIpc) is 2.64. The van der Waals surface area contributed by atoms with Gasteiger partial charge in [-0.25, -0.2) is 4.98 Å². The van der Waals surface area contributed by atoms with Gasteiger partial charge in [0, 0.05) is 10.9 Å². The Morgan fingerprint density at radius 1 is 1.13 bits per heavy atom. The SMILES string of the molecule is CS(=O)(=O)O.N=C(N)NC(=O)c1cc(-c2ccccc2C(F)(F)F)nc2ccccc12. The Balaban J connectivity index is 0.000000614. The topological polar surface area (TPSA) is 146 Å². The Morgan fingerprint density at radius 2 is 1.68 bits per heavy atom. The first-order chi connectivity index (χ1) is 14.3. The number of fused-ring (bicyclic) bond motifs is 1. The molecule has 3 aromatic rings. The third-order valence-corrected chi connectivity index (χ3v) is 3.72. The molecule has 1 aromatic heterocycles. The van der Waals surface area contributed by atoms with Crippen LogP contribution in [0.15, 0.2) is 54.6 Å². The van der Waals surface area contributed by atoms with Crippen LogP contribution in [0.25, 0.3) is 22.2 Å². The minimum absolute atomic E-state index is 0.00493. The van der Waals surface area contributed by atoms with E-state index in [0.717, 1.165) is 6.07 Å². The van der Waals surface area contributed by atoms with E-state index < -0.39 is 33.7 Å². The summed E-state index contributed by atoms with van der Waals surface area (Å²) in [6.45, 7) is 0. The summed E-state index contributed by atoms with van der Waals surface area (Å²) in [4.78, 5) is 16.6. The normalized spacial score (nSPS) is 11.4. The van der Waals surface area contributed by atoms with E-state index in [0.29, 0.717) is 17.2 Å². The van der Waals surface area contributed by atoms with Gasteiger partial charge >= 0.3 is 6.18 Å². The Bertz CT molecular complexity index is 1240. The molecule has 2 aromatic carbocycles. The number of para-hydroxylation sites is 1. The molecular weight excluding hydrogens is 437 g/mol. The zero-order chi connectivity index (χ0) is 23.4. The lowest BCUT2D eigenvalue weighted by atomic mass is 9.99. The van der Waals surface area contributed by atoms with E-state index in [1.807, 2.05) is 0 Å². The standard InChI is InChI=1S/C18H13F3N4O.CH4O3S/c19-18(20,21)13-7-3-1-6-11(13)15-9-12(16(26)25-17(22)23)10-5-2-4-8-14(10)24-15;1-5(2,3)4/h1-9H,(H4,22,23,25,26);1H3,(H,2,3,4). The summed E-state index contributed by atoms with van der Waals surface area (Å²) in [5, 5.41) is 9.79. The second kappa shape index (κ2) is 9.10. The molecule has 0 bridgehead atoms. The summed E-state index contributed by atoms with van der Waals surface area (Å²) in [6.07, 6.45) is -3.85. The molecule has 8 nitrogen and oxygen atoms in total. The van der Waals surface area contributed by atoms with Crippen molar-refractivity contribution in [2.45, 2.75) is 6.18 Å². The van der Waals surface area contributed by atoms with E-state index in [2.05, 4.69) is 10.3 Å². The van der Waals surface area contributed by atoms with Crippen molar-refractivity contribution < 1.29 is 30.9 Å². The highest BCUT2D eigenvalue weighted by Gasteiger charge is 2.34. The molecule has 0 atom stereocenters. The molecule has 31 heavy (non-hydrogen) atoms. The quantitative estimate of drug-likeness (QED) is 0.266. The number of nitrogens with two attached hydrogens (primary N) is 1. The summed E-state index contributed by atoms with van der Waals surface area (Å²) < 4.78 is 65.9. The van der Waals surface area contributed by atoms with Gasteiger partial charge in [-0.05, 0) is 18.2 Å². The number of hydrogen-bond acceptors (Lipinski definition) is 5. The molecule has 164 valence electrons. The molecule has 0 radical (unpaired) electrons. The summed E-state index contributed by atoms with van der Waals surface area (Å²) >= 11 is 0. The van der Waals surface area contributed by atoms with Crippen LogP contribution in [0.3, 0.4) is 0 Å². The number of halogens is 3. The Hall–Kier alpha value is -3.51. The number of pyridine rings is 1. The molecule has 0 spiro atoms. The van der Waals surface area contributed by atoms with Gasteiger partial charge in [0.15, 0.2) is 5.96 Å². The number of carbonyl (C=O) groups excluding carboxylic acids is 1. The minimum atomic E-state index is -4.56. The highest BCUT2D eigenvalue weighted by molar-refractivity contribution is 7.85. The van der Waals surface area contributed by atoms with Crippen LogP contribution in [-0.2, 0) is 16.3 Å². The zero-order valence-corrected chi connectivity index (χ0v) is 16.8. The predicted octanol–water partition coefficient (Wildman–Crippen LogP) is 3.05. The first-order valence-corrected chi connectivity index (χ1v) is 10.3. The Kier molecular flexibility index (Phi) is 6.98. The van der Waals surface area contributed by atoms with Crippen molar-refractivity contribution in [2.75, 3.05) is 6.26 Å². The molecular formula is C19H17F3N4O4S. The fraction of sp³-hybridized carbons (Fsp3) is 0.105. The van der Waals surface area contributed by atoms with Crippen molar-refractivity contribution >= 4 is 32.9 Å². The van der Waals surface area contributed by atoms with Gasteiger partial charge in [0.25, 0.3) is 16.0 Å². The third kappa shape index (κ3) is 6.76. The van der Waals surface area contributed by atoms with Gasteiger partial charge < -0.3 is 5.73 Å². The van der Waals surface area contributed by atoms with Gasteiger partial charge in [0.2, 0.25) is 0 Å². The van der Waals surface area contributed by atoms with Crippen molar-refractivity contribution in [3.05, 3.63) is 65.7 Å². The van der Waals surface area contributed by atoms with Crippen LogP contribution in [0.2, 0.25) is 0 Å². The fourth-order valence-corrected chi connectivity index (χ4v) is 2.64. The van der Waals surface area contributed by atoms with Crippen LogP contribution in [0.1, 0.15) is 15.9 Å². The van der Waals surface area contributed by atoms with E-state index in [1.165, 1.54) is 24.3 Å². The molecule has 12 heteroatoms. The molecule has 1 heterocycles. The summed E-state index contributed by atoms with van der Waals surface area (Å²) in [5.74, 6) is -1.25. The van der Waals surface area contributed by atoms with Gasteiger partial charge in [-0.1, -0.05) is 36.4 Å².